The number of amides is 1. The molecule has 128 valence electrons. The summed E-state index contributed by atoms with van der Waals surface area (Å²) >= 11 is 0. The molecule has 1 heterocycles. The number of carbonyl (C=O) groups excluding carboxylic acids is 1. The van der Waals surface area contributed by atoms with Gasteiger partial charge in [-0.1, -0.05) is 25.1 Å². The SMILES string of the molecule is CCC(NC(=O)c1ccc2ocnc2c1)c1ccc2c(c1)CCCC2. The minimum atomic E-state index is -0.0746. The van der Waals surface area contributed by atoms with Crippen LogP contribution in [0.3, 0.4) is 0 Å². The fourth-order valence-corrected chi connectivity index (χ4v) is 3.63. The molecule has 3 aromatic rings. The maximum Gasteiger partial charge on any atom is 0.251 e. The Balaban J connectivity index is 1.55. The molecule has 4 heteroatoms. The van der Waals surface area contributed by atoms with Crippen molar-refractivity contribution in [2.45, 2.75) is 45.1 Å². The Morgan fingerprint density at radius 3 is 2.84 bits per heavy atom. The molecule has 25 heavy (non-hydrogen) atoms. The van der Waals surface area contributed by atoms with Crippen molar-refractivity contribution in [3.05, 3.63) is 65.0 Å². The van der Waals surface area contributed by atoms with Crippen molar-refractivity contribution in [3.8, 4) is 0 Å². The van der Waals surface area contributed by atoms with Gasteiger partial charge in [-0.2, -0.15) is 0 Å². The van der Waals surface area contributed by atoms with E-state index in [4.69, 9.17) is 4.42 Å². The number of aromatic nitrogens is 1. The molecule has 0 fully saturated rings. The number of aryl methyl sites for hydroxylation is 2. The predicted molar refractivity (Wildman–Crippen MR) is 97.6 cm³/mol. The molecule has 1 N–H and O–H groups in total. The fraction of sp³-hybridized carbons (Fsp3) is 0.333. The van der Waals surface area contributed by atoms with Crippen LogP contribution >= 0.6 is 0 Å². The number of nitrogens with one attached hydrogen (secondary N) is 1. The summed E-state index contributed by atoms with van der Waals surface area (Å²) < 4.78 is 5.23. The lowest BCUT2D eigenvalue weighted by molar-refractivity contribution is 0.0935. The molecule has 1 unspecified atom stereocenters. The topological polar surface area (TPSA) is 55.1 Å². The third-order valence-corrected chi connectivity index (χ3v) is 5.08. The summed E-state index contributed by atoms with van der Waals surface area (Å²) in [5.41, 5.74) is 6.11. The van der Waals surface area contributed by atoms with Crippen LogP contribution in [0, 0.1) is 0 Å². The largest absolute Gasteiger partial charge is 0.443 e. The van der Waals surface area contributed by atoms with Crippen molar-refractivity contribution < 1.29 is 9.21 Å². The molecule has 4 nitrogen and oxygen atoms in total. The second kappa shape index (κ2) is 6.71. The van der Waals surface area contributed by atoms with Crippen LogP contribution in [0.5, 0.6) is 0 Å². The molecular weight excluding hydrogens is 312 g/mol. The van der Waals surface area contributed by atoms with Crippen LogP contribution in [0.15, 0.2) is 47.2 Å². The Morgan fingerprint density at radius 1 is 1.16 bits per heavy atom. The van der Waals surface area contributed by atoms with Crippen molar-refractivity contribution in [1.82, 2.24) is 10.3 Å². The number of benzene rings is 2. The Bertz CT molecular complexity index is 913. The van der Waals surface area contributed by atoms with Crippen LogP contribution in [0.1, 0.15) is 59.3 Å². The summed E-state index contributed by atoms with van der Waals surface area (Å²) in [7, 11) is 0. The van der Waals surface area contributed by atoms with Gasteiger partial charge in [-0.15, -0.1) is 0 Å². The van der Waals surface area contributed by atoms with E-state index in [2.05, 4.69) is 35.4 Å². The van der Waals surface area contributed by atoms with Crippen molar-refractivity contribution in [1.29, 1.82) is 0 Å². The smallest absolute Gasteiger partial charge is 0.251 e. The fourth-order valence-electron chi connectivity index (χ4n) is 3.63. The molecule has 1 aliphatic carbocycles. The summed E-state index contributed by atoms with van der Waals surface area (Å²) in [6, 6.07) is 12.0. The third-order valence-electron chi connectivity index (χ3n) is 5.08. The molecule has 1 amide bonds. The number of oxazole rings is 1. The van der Waals surface area contributed by atoms with E-state index < -0.39 is 0 Å². The lowest BCUT2D eigenvalue weighted by Gasteiger charge is -2.21. The van der Waals surface area contributed by atoms with Crippen LogP contribution in [0.25, 0.3) is 11.1 Å². The Morgan fingerprint density at radius 2 is 2.00 bits per heavy atom. The van der Waals surface area contributed by atoms with Gasteiger partial charge in [0.1, 0.15) is 5.52 Å². The van der Waals surface area contributed by atoms with Gasteiger partial charge in [-0.05, 0) is 67.0 Å². The molecule has 0 radical (unpaired) electrons. The minimum absolute atomic E-state index is 0.0210. The van der Waals surface area contributed by atoms with E-state index in [1.54, 1.807) is 18.2 Å². The van der Waals surface area contributed by atoms with E-state index in [0.29, 0.717) is 16.7 Å². The number of hydrogen-bond donors (Lipinski definition) is 1. The normalized spacial score (nSPS) is 14.9. The van der Waals surface area contributed by atoms with Crippen molar-refractivity contribution >= 4 is 17.0 Å². The first-order chi connectivity index (χ1) is 12.2. The number of nitrogens with zero attached hydrogens (tertiary/aromatic N) is 1. The number of fused-ring (bicyclic) bond motifs is 2. The molecule has 4 rings (SSSR count). The highest BCUT2D eigenvalue weighted by Crippen LogP contribution is 2.26. The Hall–Kier alpha value is -2.62. The van der Waals surface area contributed by atoms with Crippen molar-refractivity contribution in [2.75, 3.05) is 0 Å². The molecule has 0 saturated heterocycles. The third kappa shape index (κ3) is 3.16. The molecule has 1 aliphatic rings. The van der Waals surface area contributed by atoms with Gasteiger partial charge in [0.2, 0.25) is 0 Å². The second-order valence-corrected chi connectivity index (χ2v) is 6.70. The van der Waals surface area contributed by atoms with Gasteiger partial charge in [0, 0.05) is 5.56 Å². The monoisotopic (exact) mass is 334 g/mol. The highest BCUT2D eigenvalue weighted by molar-refractivity contribution is 5.97. The lowest BCUT2D eigenvalue weighted by Crippen LogP contribution is -2.28. The summed E-state index contributed by atoms with van der Waals surface area (Å²) in [6.45, 7) is 2.10. The standard InChI is InChI=1S/C21H22N2O2/c1-2-18(16-8-7-14-5-3-4-6-15(14)11-16)23-21(24)17-9-10-20-19(12-17)22-13-25-20/h7-13,18H,2-6H2,1H3,(H,23,24). The summed E-state index contributed by atoms with van der Waals surface area (Å²) in [6.07, 6.45) is 7.13. The Labute approximate surface area is 147 Å². The minimum Gasteiger partial charge on any atom is -0.443 e. The molecule has 0 bridgehead atoms. The van der Waals surface area contributed by atoms with Crippen molar-refractivity contribution in [3.63, 3.8) is 0 Å². The van der Waals surface area contributed by atoms with Gasteiger partial charge >= 0.3 is 0 Å². The number of hydrogen-bond acceptors (Lipinski definition) is 3. The average molecular weight is 334 g/mol. The van der Waals surface area contributed by atoms with E-state index in [9.17, 15) is 4.79 Å². The second-order valence-electron chi connectivity index (χ2n) is 6.70. The van der Waals surface area contributed by atoms with Crippen LogP contribution in [-0.2, 0) is 12.8 Å². The van der Waals surface area contributed by atoms with Crippen LogP contribution in [0.2, 0.25) is 0 Å². The number of carbonyl (C=O) groups is 1. The maximum atomic E-state index is 12.7. The average Bonchev–Trinajstić information content (AvgIpc) is 3.13. The van der Waals surface area contributed by atoms with Gasteiger partial charge < -0.3 is 9.73 Å². The highest BCUT2D eigenvalue weighted by atomic mass is 16.3. The maximum absolute atomic E-state index is 12.7. The van der Waals surface area contributed by atoms with Crippen LogP contribution in [-0.4, -0.2) is 10.9 Å². The van der Waals surface area contributed by atoms with Crippen LogP contribution in [0.4, 0.5) is 0 Å². The van der Waals surface area contributed by atoms with Crippen LogP contribution < -0.4 is 5.32 Å². The molecule has 1 aromatic heterocycles. The van der Waals surface area contributed by atoms with E-state index >= 15 is 0 Å². The van der Waals surface area contributed by atoms with Gasteiger partial charge in [-0.3, -0.25) is 4.79 Å². The van der Waals surface area contributed by atoms with Gasteiger partial charge in [0.15, 0.2) is 12.0 Å². The summed E-state index contributed by atoms with van der Waals surface area (Å²) in [4.78, 5) is 16.8. The zero-order valence-electron chi connectivity index (χ0n) is 14.4. The van der Waals surface area contributed by atoms with E-state index in [1.807, 2.05) is 0 Å². The predicted octanol–water partition coefficient (Wildman–Crippen LogP) is 4.59. The van der Waals surface area contributed by atoms with Gasteiger partial charge in [0.05, 0.1) is 6.04 Å². The quantitative estimate of drug-likeness (QED) is 0.759. The van der Waals surface area contributed by atoms with E-state index in [-0.39, 0.29) is 11.9 Å². The zero-order chi connectivity index (χ0) is 17.2. The summed E-state index contributed by atoms with van der Waals surface area (Å²) in [5, 5.41) is 3.17. The lowest BCUT2D eigenvalue weighted by atomic mass is 9.88. The number of rotatable bonds is 4. The molecule has 2 aromatic carbocycles. The van der Waals surface area contributed by atoms with E-state index in [0.717, 1.165) is 12.8 Å². The first-order valence-corrected chi connectivity index (χ1v) is 9.00. The zero-order valence-corrected chi connectivity index (χ0v) is 14.4. The molecule has 0 saturated carbocycles. The van der Waals surface area contributed by atoms with E-state index in [1.165, 1.54) is 42.3 Å². The highest BCUT2D eigenvalue weighted by Gasteiger charge is 2.17. The van der Waals surface area contributed by atoms with Gasteiger partial charge in [0.25, 0.3) is 5.91 Å². The first kappa shape index (κ1) is 15.9. The molecule has 0 aliphatic heterocycles. The Kier molecular flexibility index (Phi) is 4.26. The molecule has 1 atom stereocenters. The summed E-state index contributed by atoms with van der Waals surface area (Å²) in [5.74, 6) is -0.0746. The molecule has 0 spiro atoms. The molecular formula is C21H22N2O2. The van der Waals surface area contributed by atoms with Crippen molar-refractivity contribution in [2.24, 2.45) is 0 Å². The van der Waals surface area contributed by atoms with Gasteiger partial charge in [-0.25, -0.2) is 4.98 Å². The first-order valence-electron chi connectivity index (χ1n) is 9.00.